The fourth-order valence-electron chi connectivity index (χ4n) is 6.32. The zero-order valence-electron chi connectivity index (χ0n) is 19.5. The number of hydrogen-bond donors (Lipinski definition) is 1. The van der Waals surface area contributed by atoms with E-state index in [1.165, 1.54) is 5.56 Å². The molecular formula is C28H33N3O2. The molecule has 33 heavy (non-hydrogen) atoms. The third-order valence-corrected chi connectivity index (χ3v) is 8.74. The molecule has 3 fully saturated rings. The molecule has 172 valence electrons. The van der Waals surface area contributed by atoms with E-state index in [1.54, 1.807) is 11.0 Å². The molecule has 2 saturated carbocycles. The van der Waals surface area contributed by atoms with Crippen LogP contribution in [-0.2, 0) is 5.41 Å². The molecule has 0 aromatic heterocycles. The summed E-state index contributed by atoms with van der Waals surface area (Å²) in [5.74, 6) is 0. The summed E-state index contributed by atoms with van der Waals surface area (Å²) in [6.45, 7) is 3.24. The predicted octanol–water partition coefficient (Wildman–Crippen LogP) is 5.38. The Morgan fingerprint density at radius 1 is 0.970 bits per heavy atom. The fraction of sp³-hybridized carbons (Fsp3) is 0.500. The Kier molecular flexibility index (Phi) is 5.45. The predicted molar refractivity (Wildman–Crippen MR) is 129 cm³/mol. The molecule has 2 aromatic rings. The first-order chi connectivity index (χ1) is 15.9. The number of para-hydroxylation sites is 1. The number of benzene rings is 2. The highest BCUT2D eigenvalue weighted by Gasteiger charge is 2.56. The summed E-state index contributed by atoms with van der Waals surface area (Å²) in [6, 6.07) is 20.3. The number of aliphatic hydroxyl groups is 1. The molecule has 3 aliphatic rings. The minimum Gasteiger partial charge on any atom is -0.388 e. The summed E-state index contributed by atoms with van der Waals surface area (Å²) in [5.41, 5.74) is 1.65. The summed E-state index contributed by atoms with van der Waals surface area (Å²) in [7, 11) is 0. The van der Waals surface area contributed by atoms with Crippen molar-refractivity contribution in [3.63, 3.8) is 0 Å². The monoisotopic (exact) mass is 443 g/mol. The molecule has 1 spiro atoms. The highest BCUT2D eigenvalue weighted by molar-refractivity contribution is 5.96. The number of carbonyl (C=O) groups is 1. The van der Waals surface area contributed by atoms with Crippen LogP contribution in [0.25, 0.3) is 0 Å². The molecule has 2 aliphatic carbocycles. The molecule has 1 heterocycles. The zero-order chi connectivity index (χ0) is 23.1. The van der Waals surface area contributed by atoms with E-state index < -0.39 is 5.60 Å². The van der Waals surface area contributed by atoms with Gasteiger partial charge in [0.1, 0.15) is 6.07 Å². The number of urea groups is 1. The summed E-state index contributed by atoms with van der Waals surface area (Å²) >= 11 is 0. The average molecular weight is 444 g/mol. The first-order valence-corrected chi connectivity index (χ1v) is 12.3. The van der Waals surface area contributed by atoms with E-state index in [2.05, 4.69) is 43.3 Å². The highest BCUT2D eigenvalue weighted by Crippen LogP contribution is 2.51. The molecule has 5 rings (SSSR count). The largest absolute Gasteiger partial charge is 0.388 e. The van der Waals surface area contributed by atoms with Crippen LogP contribution in [0.15, 0.2) is 54.6 Å². The number of nitrogens with zero attached hydrogens (tertiary/aromatic N) is 3. The van der Waals surface area contributed by atoms with Gasteiger partial charge in [-0.2, -0.15) is 5.26 Å². The normalized spacial score (nSPS) is 28.6. The van der Waals surface area contributed by atoms with E-state index in [1.807, 2.05) is 23.1 Å². The van der Waals surface area contributed by atoms with Crippen molar-refractivity contribution in [2.75, 3.05) is 18.0 Å². The summed E-state index contributed by atoms with van der Waals surface area (Å²) in [5, 5.41) is 20.7. The SMILES string of the molecule is CCC1(c2ccccc2)CCC2(CC1)CN(c1ccccc1C#N)C(=O)N2CC1(O)CCC1. The molecule has 2 amide bonds. The van der Waals surface area contributed by atoms with Gasteiger partial charge >= 0.3 is 6.03 Å². The van der Waals surface area contributed by atoms with Gasteiger partial charge < -0.3 is 10.0 Å². The first kappa shape index (κ1) is 22.0. The number of hydrogen-bond acceptors (Lipinski definition) is 3. The molecule has 5 nitrogen and oxygen atoms in total. The molecule has 0 bridgehead atoms. The fourth-order valence-corrected chi connectivity index (χ4v) is 6.32. The lowest BCUT2D eigenvalue weighted by Gasteiger charge is -2.50. The van der Waals surface area contributed by atoms with E-state index in [9.17, 15) is 15.2 Å². The standard InChI is InChI=1S/C28H33N3O2/c1-2-26(23-10-4-3-5-11-23)15-17-27(18-16-26)20-30(24-12-7-6-9-22(24)19-29)25(32)31(27)21-28(33)13-8-14-28/h3-7,9-12,33H,2,8,13-18,20-21H2,1H3. The van der Waals surface area contributed by atoms with E-state index >= 15 is 0 Å². The maximum absolute atomic E-state index is 13.8. The number of nitriles is 1. The zero-order valence-corrected chi connectivity index (χ0v) is 19.5. The number of amides is 2. The Balaban J connectivity index is 1.48. The third-order valence-electron chi connectivity index (χ3n) is 8.74. The lowest BCUT2D eigenvalue weighted by Crippen LogP contribution is -2.58. The van der Waals surface area contributed by atoms with Gasteiger partial charge in [0.05, 0.1) is 35.5 Å². The summed E-state index contributed by atoms with van der Waals surface area (Å²) in [4.78, 5) is 17.6. The molecule has 5 heteroatoms. The lowest BCUT2D eigenvalue weighted by molar-refractivity contribution is -0.0685. The van der Waals surface area contributed by atoms with E-state index in [0.717, 1.165) is 51.4 Å². The smallest absolute Gasteiger partial charge is 0.325 e. The summed E-state index contributed by atoms with van der Waals surface area (Å²) in [6.07, 6.45) is 7.44. The van der Waals surface area contributed by atoms with Crippen LogP contribution in [0.4, 0.5) is 10.5 Å². The van der Waals surface area contributed by atoms with Gasteiger partial charge in [-0.3, -0.25) is 4.90 Å². The van der Waals surface area contributed by atoms with Crippen LogP contribution in [0.3, 0.4) is 0 Å². The second-order valence-electron chi connectivity index (χ2n) is 10.4. The van der Waals surface area contributed by atoms with Crippen molar-refractivity contribution in [2.24, 2.45) is 0 Å². The van der Waals surface area contributed by atoms with Gasteiger partial charge in [0.2, 0.25) is 0 Å². The van der Waals surface area contributed by atoms with Gasteiger partial charge in [-0.05, 0) is 74.5 Å². The van der Waals surface area contributed by atoms with Crippen molar-refractivity contribution in [3.05, 3.63) is 65.7 Å². The Morgan fingerprint density at radius 2 is 1.64 bits per heavy atom. The molecule has 2 aromatic carbocycles. The quantitative estimate of drug-likeness (QED) is 0.675. The maximum Gasteiger partial charge on any atom is 0.325 e. The van der Waals surface area contributed by atoms with Crippen molar-refractivity contribution in [2.45, 2.75) is 74.8 Å². The Hall–Kier alpha value is -2.84. The van der Waals surface area contributed by atoms with Crippen LogP contribution in [0, 0.1) is 11.3 Å². The second-order valence-corrected chi connectivity index (χ2v) is 10.4. The molecule has 0 unspecified atom stereocenters. The Morgan fingerprint density at radius 3 is 2.24 bits per heavy atom. The van der Waals surface area contributed by atoms with Crippen LogP contribution in [-0.4, -0.2) is 40.3 Å². The minimum absolute atomic E-state index is 0.0678. The van der Waals surface area contributed by atoms with Crippen LogP contribution >= 0.6 is 0 Å². The molecule has 0 radical (unpaired) electrons. The van der Waals surface area contributed by atoms with Gasteiger partial charge in [-0.15, -0.1) is 0 Å². The highest BCUT2D eigenvalue weighted by atomic mass is 16.3. The molecule has 1 N–H and O–H groups in total. The number of anilines is 1. The van der Waals surface area contributed by atoms with Gasteiger partial charge in [0.15, 0.2) is 0 Å². The van der Waals surface area contributed by atoms with Gasteiger partial charge in [0.25, 0.3) is 0 Å². The van der Waals surface area contributed by atoms with Gasteiger partial charge in [-0.1, -0.05) is 49.4 Å². The lowest BCUT2D eigenvalue weighted by atomic mass is 9.62. The first-order valence-electron chi connectivity index (χ1n) is 12.3. The summed E-state index contributed by atoms with van der Waals surface area (Å²) < 4.78 is 0. The van der Waals surface area contributed by atoms with Crippen LogP contribution in [0.2, 0.25) is 0 Å². The molecule has 1 aliphatic heterocycles. The number of β-amino-alcohol motifs (C(OH)–C–C–N with tert-alkyl or cyclic N) is 1. The molecule has 1 saturated heterocycles. The van der Waals surface area contributed by atoms with E-state index in [0.29, 0.717) is 24.3 Å². The topological polar surface area (TPSA) is 67.6 Å². The second kappa shape index (κ2) is 8.18. The van der Waals surface area contributed by atoms with Crippen LogP contribution in [0.5, 0.6) is 0 Å². The number of carbonyl (C=O) groups excluding carboxylic acids is 1. The van der Waals surface area contributed by atoms with Crippen molar-refractivity contribution in [1.82, 2.24) is 4.90 Å². The van der Waals surface area contributed by atoms with Gasteiger partial charge in [-0.25, -0.2) is 4.79 Å². The Labute approximate surface area is 196 Å². The maximum atomic E-state index is 13.8. The molecular weight excluding hydrogens is 410 g/mol. The van der Waals surface area contributed by atoms with E-state index in [4.69, 9.17) is 0 Å². The number of rotatable bonds is 5. The molecule has 0 atom stereocenters. The van der Waals surface area contributed by atoms with E-state index in [-0.39, 0.29) is 17.0 Å². The van der Waals surface area contributed by atoms with Crippen molar-refractivity contribution >= 4 is 11.7 Å². The van der Waals surface area contributed by atoms with Gasteiger partial charge in [0, 0.05) is 0 Å². The van der Waals surface area contributed by atoms with Crippen molar-refractivity contribution in [1.29, 1.82) is 5.26 Å². The Bertz CT molecular complexity index is 1060. The third kappa shape index (κ3) is 3.61. The minimum atomic E-state index is -0.772. The van der Waals surface area contributed by atoms with Crippen LogP contribution in [0.1, 0.15) is 69.4 Å². The average Bonchev–Trinajstić information content (AvgIpc) is 3.10. The van der Waals surface area contributed by atoms with Crippen LogP contribution < -0.4 is 4.90 Å². The van der Waals surface area contributed by atoms with Crippen molar-refractivity contribution in [3.8, 4) is 6.07 Å². The van der Waals surface area contributed by atoms with Crippen molar-refractivity contribution < 1.29 is 9.90 Å².